The van der Waals surface area contributed by atoms with E-state index in [-0.39, 0.29) is 28.6 Å². The average molecular weight is 310 g/mol. The highest BCUT2D eigenvalue weighted by Crippen LogP contribution is 2.16. The molecule has 0 radical (unpaired) electrons. The highest BCUT2D eigenvalue weighted by atomic mass is 32.2. The summed E-state index contributed by atoms with van der Waals surface area (Å²) in [4.78, 5) is 11.6. The predicted molar refractivity (Wildman–Crippen MR) is 74.8 cm³/mol. The summed E-state index contributed by atoms with van der Waals surface area (Å²) in [6.45, 7) is -0.639. The summed E-state index contributed by atoms with van der Waals surface area (Å²) in [5, 5.41) is 18.3. The van der Waals surface area contributed by atoms with Gasteiger partial charge in [-0.1, -0.05) is 18.2 Å². The first-order valence-corrected chi connectivity index (χ1v) is 7.83. The maximum Gasteiger partial charge on any atom is 0.227 e. The Morgan fingerprint density at radius 3 is 2.43 bits per heavy atom. The van der Waals surface area contributed by atoms with Gasteiger partial charge in [-0.25, -0.2) is 8.42 Å². The van der Waals surface area contributed by atoms with Crippen molar-refractivity contribution in [2.24, 2.45) is 0 Å². The molecule has 0 amide bonds. The summed E-state index contributed by atoms with van der Waals surface area (Å²) in [6.07, 6.45) is -0.0280. The third-order valence-electron chi connectivity index (χ3n) is 2.91. The van der Waals surface area contributed by atoms with Crippen molar-refractivity contribution in [1.29, 1.82) is 0 Å². The van der Waals surface area contributed by atoms with Crippen LogP contribution in [0.1, 0.15) is 11.5 Å². The summed E-state index contributed by atoms with van der Waals surface area (Å²) in [6, 6.07) is 8.96. The third kappa shape index (κ3) is 3.50. The SMILES string of the molecule is O=c1cc(CCS(=O)(=O)c2ccccc2)oc(CO)c1O. The van der Waals surface area contributed by atoms with Crippen LogP contribution in [0.4, 0.5) is 0 Å². The van der Waals surface area contributed by atoms with Gasteiger partial charge in [0.2, 0.25) is 11.2 Å². The molecule has 6 nitrogen and oxygen atoms in total. The second-order valence-corrected chi connectivity index (χ2v) is 6.50. The number of aliphatic hydroxyl groups excluding tert-OH is 1. The van der Waals surface area contributed by atoms with Crippen LogP contribution >= 0.6 is 0 Å². The zero-order valence-corrected chi connectivity index (χ0v) is 11.8. The molecule has 0 saturated heterocycles. The zero-order valence-electron chi connectivity index (χ0n) is 11.0. The van der Waals surface area contributed by atoms with Crippen molar-refractivity contribution in [3.63, 3.8) is 0 Å². The van der Waals surface area contributed by atoms with Crippen LogP contribution in [0.25, 0.3) is 0 Å². The lowest BCUT2D eigenvalue weighted by molar-refractivity contribution is 0.228. The minimum absolute atomic E-state index is 0.0280. The Kier molecular flexibility index (Phi) is 4.44. The maximum absolute atomic E-state index is 12.1. The second-order valence-electron chi connectivity index (χ2n) is 4.39. The van der Waals surface area contributed by atoms with Crippen molar-refractivity contribution in [1.82, 2.24) is 0 Å². The van der Waals surface area contributed by atoms with E-state index in [2.05, 4.69) is 0 Å². The van der Waals surface area contributed by atoms with E-state index in [0.29, 0.717) is 0 Å². The molecule has 0 aliphatic carbocycles. The van der Waals surface area contributed by atoms with Gasteiger partial charge in [-0.15, -0.1) is 0 Å². The monoisotopic (exact) mass is 310 g/mol. The second kappa shape index (κ2) is 6.11. The van der Waals surface area contributed by atoms with Crippen LogP contribution in [0.2, 0.25) is 0 Å². The largest absolute Gasteiger partial charge is 0.502 e. The van der Waals surface area contributed by atoms with Gasteiger partial charge < -0.3 is 14.6 Å². The van der Waals surface area contributed by atoms with Gasteiger partial charge in [0, 0.05) is 12.5 Å². The number of rotatable bonds is 5. The molecule has 0 aliphatic rings. The lowest BCUT2D eigenvalue weighted by atomic mass is 10.3. The Hall–Kier alpha value is -2.12. The van der Waals surface area contributed by atoms with Crippen molar-refractivity contribution >= 4 is 9.84 Å². The van der Waals surface area contributed by atoms with Crippen molar-refractivity contribution in [2.45, 2.75) is 17.9 Å². The van der Waals surface area contributed by atoms with Crippen molar-refractivity contribution in [2.75, 3.05) is 5.75 Å². The van der Waals surface area contributed by atoms with Crippen LogP contribution in [0.15, 0.2) is 50.5 Å². The van der Waals surface area contributed by atoms with E-state index in [9.17, 15) is 18.3 Å². The fourth-order valence-corrected chi connectivity index (χ4v) is 3.08. The van der Waals surface area contributed by atoms with Crippen LogP contribution in [0.5, 0.6) is 5.75 Å². The number of aromatic hydroxyl groups is 1. The van der Waals surface area contributed by atoms with Crippen LogP contribution in [-0.2, 0) is 22.9 Å². The molecule has 0 spiro atoms. The normalized spacial score (nSPS) is 11.5. The molecule has 0 saturated carbocycles. The number of aliphatic hydroxyl groups is 1. The van der Waals surface area contributed by atoms with E-state index in [1.807, 2.05) is 0 Å². The molecule has 0 fully saturated rings. The van der Waals surface area contributed by atoms with Gasteiger partial charge >= 0.3 is 0 Å². The summed E-state index contributed by atoms with van der Waals surface area (Å²) in [5.41, 5.74) is -0.711. The zero-order chi connectivity index (χ0) is 15.5. The smallest absolute Gasteiger partial charge is 0.227 e. The minimum atomic E-state index is -3.49. The summed E-state index contributed by atoms with van der Waals surface area (Å²) in [5.74, 6) is -1.07. The first kappa shape index (κ1) is 15.3. The topological polar surface area (TPSA) is 105 Å². The van der Waals surface area contributed by atoms with Crippen molar-refractivity contribution < 1.29 is 23.0 Å². The number of sulfone groups is 1. The summed E-state index contributed by atoms with van der Waals surface area (Å²) in [7, 11) is -3.49. The van der Waals surface area contributed by atoms with Gasteiger partial charge in [0.05, 0.1) is 10.6 Å². The van der Waals surface area contributed by atoms with Crippen LogP contribution in [-0.4, -0.2) is 24.4 Å². The lowest BCUT2D eigenvalue weighted by Crippen LogP contribution is -2.11. The fraction of sp³-hybridized carbons (Fsp3) is 0.214. The molecular weight excluding hydrogens is 296 g/mol. The lowest BCUT2D eigenvalue weighted by Gasteiger charge is -2.06. The predicted octanol–water partition coefficient (Wildman–Crippen LogP) is 0.854. The summed E-state index contributed by atoms with van der Waals surface area (Å²) >= 11 is 0. The number of hydrogen-bond donors (Lipinski definition) is 2. The van der Waals surface area contributed by atoms with Crippen LogP contribution < -0.4 is 5.43 Å². The highest BCUT2D eigenvalue weighted by Gasteiger charge is 2.16. The van der Waals surface area contributed by atoms with Gasteiger partial charge in [-0.2, -0.15) is 0 Å². The third-order valence-corrected chi connectivity index (χ3v) is 4.64. The average Bonchev–Trinajstić information content (AvgIpc) is 2.49. The molecular formula is C14H14O6S. The molecule has 7 heteroatoms. The van der Waals surface area contributed by atoms with Gasteiger partial charge in [-0.05, 0) is 12.1 Å². The Balaban J connectivity index is 2.21. The molecule has 1 heterocycles. The first-order valence-electron chi connectivity index (χ1n) is 6.17. The van der Waals surface area contributed by atoms with Gasteiger partial charge in [0.25, 0.3) is 0 Å². The quantitative estimate of drug-likeness (QED) is 0.848. The van der Waals surface area contributed by atoms with Crippen molar-refractivity contribution in [3.05, 3.63) is 58.1 Å². The molecule has 21 heavy (non-hydrogen) atoms. The van der Waals surface area contributed by atoms with E-state index in [1.165, 1.54) is 12.1 Å². The molecule has 0 atom stereocenters. The molecule has 2 N–H and O–H groups in total. The van der Waals surface area contributed by atoms with Crippen molar-refractivity contribution in [3.8, 4) is 5.75 Å². The number of benzene rings is 1. The van der Waals surface area contributed by atoms with E-state index in [0.717, 1.165) is 6.07 Å². The van der Waals surface area contributed by atoms with Crippen LogP contribution in [0.3, 0.4) is 0 Å². The van der Waals surface area contributed by atoms with Gasteiger partial charge in [0.1, 0.15) is 12.4 Å². The Bertz CT molecular complexity index is 777. The molecule has 2 aromatic rings. The molecule has 2 rings (SSSR count). The Morgan fingerprint density at radius 1 is 1.14 bits per heavy atom. The Labute approximate surface area is 121 Å². The van der Waals surface area contributed by atoms with E-state index < -0.39 is 27.6 Å². The first-order chi connectivity index (χ1) is 9.94. The van der Waals surface area contributed by atoms with Crippen LogP contribution in [0, 0.1) is 0 Å². The Morgan fingerprint density at radius 2 is 1.81 bits per heavy atom. The molecule has 0 unspecified atom stereocenters. The highest BCUT2D eigenvalue weighted by molar-refractivity contribution is 7.91. The number of aryl methyl sites for hydroxylation is 1. The van der Waals surface area contributed by atoms with E-state index >= 15 is 0 Å². The number of hydrogen-bond acceptors (Lipinski definition) is 6. The molecule has 0 bridgehead atoms. The fourth-order valence-electron chi connectivity index (χ4n) is 1.80. The minimum Gasteiger partial charge on any atom is -0.502 e. The van der Waals surface area contributed by atoms with Gasteiger partial charge in [0.15, 0.2) is 15.6 Å². The maximum atomic E-state index is 12.1. The standard InChI is InChI=1S/C14H14O6S/c15-9-13-14(17)12(16)8-10(20-13)6-7-21(18,19)11-4-2-1-3-5-11/h1-5,8,15,17H,6-7,9H2. The molecule has 1 aromatic heterocycles. The summed E-state index contributed by atoms with van der Waals surface area (Å²) < 4.78 is 29.3. The molecule has 0 aliphatic heterocycles. The molecule has 1 aromatic carbocycles. The van der Waals surface area contributed by atoms with E-state index in [4.69, 9.17) is 9.52 Å². The van der Waals surface area contributed by atoms with E-state index in [1.54, 1.807) is 18.2 Å². The van der Waals surface area contributed by atoms with Gasteiger partial charge in [-0.3, -0.25) is 4.79 Å². The molecule has 112 valence electrons.